The number of likely N-dealkylation sites (tertiary alicyclic amines) is 1. The van der Waals surface area contributed by atoms with Gasteiger partial charge in [-0.1, -0.05) is 48.0 Å². The summed E-state index contributed by atoms with van der Waals surface area (Å²) in [6, 6.07) is 16.8. The lowest BCUT2D eigenvalue weighted by atomic mass is 9.84. The van der Waals surface area contributed by atoms with Crippen LogP contribution in [-0.2, 0) is 26.5 Å². The molecule has 10 heteroatoms. The minimum Gasteiger partial charge on any atom is -0.481 e. The van der Waals surface area contributed by atoms with Gasteiger partial charge in [-0.3, -0.25) is 14.5 Å². The molecule has 3 aromatic rings. The van der Waals surface area contributed by atoms with Gasteiger partial charge in [0.05, 0.1) is 18.4 Å². The molecule has 0 radical (unpaired) electrons. The highest BCUT2D eigenvalue weighted by molar-refractivity contribution is 5.88. The third-order valence-corrected chi connectivity index (χ3v) is 7.01. The van der Waals surface area contributed by atoms with Crippen molar-refractivity contribution < 1.29 is 39.9 Å². The quantitative estimate of drug-likeness (QED) is 0.258. The van der Waals surface area contributed by atoms with Crippen molar-refractivity contribution in [1.82, 2.24) is 9.88 Å². The second-order valence-corrected chi connectivity index (χ2v) is 9.93. The van der Waals surface area contributed by atoms with Crippen molar-refractivity contribution in [2.75, 3.05) is 13.1 Å². The molecule has 1 aliphatic rings. The number of nitrogens with one attached hydrogen (secondary N) is 1. The Labute approximate surface area is 220 Å². The molecule has 0 aliphatic carbocycles. The first-order valence-corrected chi connectivity index (χ1v) is 12.3. The molecule has 2 aromatic carbocycles. The van der Waals surface area contributed by atoms with Crippen LogP contribution in [0.4, 0.5) is 0 Å². The molecule has 0 bridgehead atoms. The topological polar surface area (TPSA) is 171 Å². The number of carbonyl (C=O) groups is 3. The lowest BCUT2D eigenvalue weighted by Crippen LogP contribution is -2.42. The second-order valence-electron chi connectivity index (χ2n) is 9.93. The summed E-state index contributed by atoms with van der Waals surface area (Å²) in [6.45, 7) is 7.03. The number of aromatic nitrogens is 1. The summed E-state index contributed by atoms with van der Waals surface area (Å²) in [7, 11) is 0. The largest absolute Gasteiger partial charge is 0.481 e. The zero-order chi connectivity index (χ0) is 28.1. The van der Waals surface area contributed by atoms with E-state index in [1.165, 1.54) is 27.7 Å². The maximum atomic E-state index is 11.1. The average Bonchev–Trinajstić information content (AvgIpc) is 3.15. The predicted molar refractivity (Wildman–Crippen MR) is 140 cm³/mol. The van der Waals surface area contributed by atoms with Gasteiger partial charge >= 0.3 is 17.9 Å². The molecule has 1 aliphatic heterocycles. The van der Waals surface area contributed by atoms with Gasteiger partial charge in [-0.05, 0) is 43.9 Å². The Morgan fingerprint density at radius 2 is 1.47 bits per heavy atom. The van der Waals surface area contributed by atoms with Crippen LogP contribution < -0.4 is 0 Å². The van der Waals surface area contributed by atoms with Crippen LogP contribution in [0, 0.1) is 13.8 Å². The SMILES string of the molecule is Cc1ccc(C2(O)CCN(Cc3[nH]c4ccccc4c3C)CC2)cc1.O=C(O)CC(O)(CC(=O)O)C(=O)O. The number of rotatable bonds is 8. The van der Waals surface area contributed by atoms with Crippen molar-refractivity contribution in [2.24, 2.45) is 0 Å². The molecule has 1 fully saturated rings. The molecular weight excluding hydrogens is 492 g/mol. The number of benzene rings is 2. The first kappa shape index (κ1) is 28.8. The Kier molecular flexibility index (Phi) is 8.93. The fraction of sp³-hybridized carbons (Fsp3) is 0.393. The molecule has 1 saturated heterocycles. The number of piperidine rings is 1. The van der Waals surface area contributed by atoms with Gasteiger partial charge in [0, 0.05) is 36.2 Å². The average molecular weight is 527 g/mol. The van der Waals surface area contributed by atoms with Crippen molar-refractivity contribution in [1.29, 1.82) is 0 Å². The number of carboxylic acid groups (broad SMARTS) is 3. The van der Waals surface area contributed by atoms with E-state index < -0.39 is 42.0 Å². The highest BCUT2D eigenvalue weighted by atomic mass is 16.4. The van der Waals surface area contributed by atoms with Crippen molar-refractivity contribution >= 4 is 28.8 Å². The van der Waals surface area contributed by atoms with Crippen LogP contribution in [0.25, 0.3) is 10.9 Å². The molecule has 1 aromatic heterocycles. The van der Waals surface area contributed by atoms with E-state index in [0.29, 0.717) is 0 Å². The number of carboxylic acids is 3. The van der Waals surface area contributed by atoms with E-state index in [-0.39, 0.29) is 0 Å². The number of hydrogen-bond donors (Lipinski definition) is 6. The van der Waals surface area contributed by atoms with E-state index in [1.807, 2.05) is 0 Å². The van der Waals surface area contributed by atoms with Crippen LogP contribution in [0.3, 0.4) is 0 Å². The number of aryl methyl sites for hydroxylation is 2. The molecule has 4 rings (SSSR count). The Balaban J connectivity index is 0.000000263. The Hall–Kier alpha value is -3.73. The second kappa shape index (κ2) is 11.8. The maximum absolute atomic E-state index is 11.1. The van der Waals surface area contributed by atoms with E-state index in [0.717, 1.165) is 38.0 Å². The number of aliphatic hydroxyl groups is 2. The molecular formula is C28H34N2O8. The van der Waals surface area contributed by atoms with Crippen molar-refractivity contribution in [2.45, 2.75) is 57.3 Å². The van der Waals surface area contributed by atoms with Crippen LogP contribution in [0.15, 0.2) is 48.5 Å². The van der Waals surface area contributed by atoms with Crippen LogP contribution >= 0.6 is 0 Å². The molecule has 6 N–H and O–H groups in total. The van der Waals surface area contributed by atoms with E-state index >= 15 is 0 Å². The fourth-order valence-corrected chi connectivity index (χ4v) is 4.67. The van der Waals surface area contributed by atoms with Crippen molar-refractivity contribution in [3.8, 4) is 0 Å². The third kappa shape index (κ3) is 6.97. The van der Waals surface area contributed by atoms with Gasteiger partial charge in [0.2, 0.25) is 0 Å². The summed E-state index contributed by atoms with van der Waals surface area (Å²) in [5, 5.41) is 46.2. The lowest BCUT2D eigenvalue weighted by molar-refractivity contribution is -0.170. The fourth-order valence-electron chi connectivity index (χ4n) is 4.67. The van der Waals surface area contributed by atoms with Gasteiger partial charge in [0.25, 0.3) is 0 Å². The smallest absolute Gasteiger partial charge is 0.336 e. The first-order valence-electron chi connectivity index (χ1n) is 12.3. The van der Waals surface area contributed by atoms with Gasteiger partial charge in [0.15, 0.2) is 5.60 Å². The van der Waals surface area contributed by atoms with E-state index in [4.69, 9.17) is 20.4 Å². The van der Waals surface area contributed by atoms with Crippen molar-refractivity contribution in [3.05, 3.63) is 70.9 Å². The van der Waals surface area contributed by atoms with Crippen LogP contribution in [0.1, 0.15) is 48.1 Å². The summed E-state index contributed by atoms with van der Waals surface area (Å²) >= 11 is 0. The molecule has 204 valence electrons. The summed E-state index contributed by atoms with van der Waals surface area (Å²) in [5.74, 6) is -5.02. The van der Waals surface area contributed by atoms with Gasteiger partial charge in [-0.25, -0.2) is 4.79 Å². The Morgan fingerprint density at radius 1 is 0.921 bits per heavy atom. The minimum atomic E-state index is -2.74. The standard InChI is InChI=1S/C22H26N2O.C6H8O7/c1-16-7-9-18(10-8-16)22(25)11-13-24(14-12-22)15-21-17(2)19-5-3-4-6-20(19)23-21;7-3(8)1-6(13,5(11)12)2-4(9)10/h3-10,23,25H,11-15H2,1-2H3;13H,1-2H2,(H,7,8)(H,9,10)(H,11,12). The lowest BCUT2D eigenvalue weighted by Gasteiger charge is -2.38. The van der Waals surface area contributed by atoms with E-state index in [2.05, 4.69) is 72.3 Å². The molecule has 0 amide bonds. The molecule has 0 atom stereocenters. The Bertz CT molecular complexity index is 1270. The molecule has 0 saturated carbocycles. The zero-order valence-electron chi connectivity index (χ0n) is 21.5. The molecule has 0 unspecified atom stereocenters. The first-order chi connectivity index (χ1) is 17.8. The number of aromatic amines is 1. The number of nitrogens with zero attached hydrogens (tertiary/aromatic N) is 1. The summed E-state index contributed by atoms with van der Waals surface area (Å²) in [5.41, 5.74) is 2.72. The van der Waals surface area contributed by atoms with Crippen molar-refractivity contribution in [3.63, 3.8) is 0 Å². The normalized spacial score (nSPS) is 15.5. The third-order valence-electron chi connectivity index (χ3n) is 7.01. The van der Waals surface area contributed by atoms with Crippen LogP contribution in [-0.4, -0.2) is 72.0 Å². The van der Waals surface area contributed by atoms with Gasteiger partial charge in [-0.15, -0.1) is 0 Å². The Morgan fingerprint density at radius 3 is 1.97 bits per heavy atom. The van der Waals surface area contributed by atoms with Crippen LogP contribution in [0.5, 0.6) is 0 Å². The van der Waals surface area contributed by atoms with Crippen LogP contribution in [0.2, 0.25) is 0 Å². The highest BCUT2D eigenvalue weighted by Gasteiger charge is 2.40. The monoisotopic (exact) mass is 526 g/mol. The van der Waals surface area contributed by atoms with Gasteiger partial charge in [-0.2, -0.15) is 0 Å². The summed E-state index contributed by atoms with van der Waals surface area (Å²) < 4.78 is 0. The molecule has 10 nitrogen and oxygen atoms in total. The minimum absolute atomic E-state index is 0.681. The number of hydrogen-bond acceptors (Lipinski definition) is 6. The summed E-state index contributed by atoms with van der Waals surface area (Å²) in [4.78, 5) is 36.5. The van der Waals surface area contributed by atoms with E-state index in [1.54, 1.807) is 0 Å². The highest BCUT2D eigenvalue weighted by Crippen LogP contribution is 2.34. The predicted octanol–water partition coefficient (Wildman–Crippen LogP) is 3.02. The number of para-hydroxylation sites is 1. The van der Waals surface area contributed by atoms with Gasteiger partial charge < -0.3 is 30.5 Å². The van der Waals surface area contributed by atoms with Gasteiger partial charge in [0.1, 0.15) is 0 Å². The maximum Gasteiger partial charge on any atom is 0.336 e. The van der Waals surface area contributed by atoms with E-state index in [9.17, 15) is 19.5 Å². The summed E-state index contributed by atoms with van der Waals surface area (Å²) in [6.07, 6.45) is -0.714. The molecule has 38 heavy (non-hydrogen) atoms. The number of fused-ring (bicyclic) bond motifs is 1. The molecule has 2 heterocycles. The molecule has 0 spiro atoms. The zero-order valence-corrected chi connectivity index (χ0v) is 21.5. The number of H-pyrrole nitrogens is 1. The number of aliphatic carboxylic acids is 3.